The van der Waals surface area contributed by atoms with Crippen LogP contribution in [0.3, 0.4) is 0 Å². The predicted octanol–water partition coefficient (Wildman–Crippen LogP) is 4.79. The summed E-state index contributed by atoms with van der Waals surface area (Å²) in [5.41, 5.74) is 0.694. The van der Waals surface area contributed by atoms with Gasteiger partial charge in [-0.3, -0.25) is 0 Å². The molecule has 2 amide bonds. The van der Waals surface area contributed by atoms with Gasteiger partial charge in [-0.1, -0.05) is 32.9 Å². The van der Waals surface area contributed by atoms with Crippen molar-refractivity contribution in [1.82, 2.24) is 5.32 Å². The van der Waals surface area contributed by atoms with Gasteiger partial charge >= 0.3 is 6.03 Å². The number of anilines is 1. The third-order valence-electron chi connectivity index (χ3n) is 2.55. The number of hydrogen-bond donors (Lipinski definition) is 2. The van der Waals surface area contributed by atoms with Gasteiger partial charge in [0.2, 0.25) is 0 Å². The van der Waals surface area contributed by atoms with Crippen molar-refractivity contribution in [3.8, 4) is 0 Å². The van der Waals surface area contributed by atoms with Crippen molar-refractivity contribution >= 4 is 27.6 Å². The minimum Gasteiger partial charge on any atom is -0.333 e. The highest BCUT2D eigenvalue weighted by Crippen LogP contribution is 2.27. The van der Waals surface area contributed by atoms with Crippen LogP contribution in [0.15, 0.2) is 28.7 Å². The number of amides is 2. The molecule has 0 aliphatic rings. The fourth-order valence-electron chi connectivity index (χ4n) is 2.39. The largest absolute Gasteiger partial charge is 0.333 e. The molecule has 0 aromatic heterocycles. The van der Waals surface area contributed by atoms with E-state index in [1.807, 2.05) is 38.1 Å². The molecule has 2 N–H and O–H groups in total. The average molecular weight is 327 g/mol. The number of hydrogen-bond acceptors (Lipinski definition) is 1. The van der Waals surface area contributed by atoms with E-state index in [4.69, 9.17) is 0 Å². The second kappa shape index (κ2) is 5.95. The number of urea groups is 1. The van der Waals surface area contributed by atoms with Crippen LogP contribution in [-0.2, 0) is 0 Å². The molecule has 0 spiro atoms. The molecule has 0 aliphatic carbocycles. The second-order valence-corrected chi connectivity index (χ2v) is 7.53. The lowest BCUT2D eigenvalue weighted by atomic mass is 9.82. The van der Waals surface area contributed by atoms with E-state index in [1.165, 1.54) is 0 Å². The summed E-state index contributed by atoms with van der Waals surface area (Å²) in [5.74, 6) is 0. The Morgan fingerprint density at radius 2 is 1.74 bits per heavy atom. The first-order valence-corrected chi connectivity index (χ1v) is 7.22. The van der Waals surface area contributed by atoms with Gasteiger partial charge in [-0.25, -0.2) is 4.79 Å². The van der Waals surface area contributed by atoms with Gasteiger partial charge in [0.05, 0.1) is 5.69 Å². The molecule has 0 radical (unpaired) electrons. The minimum atomic E-state index is -0.246. The first-order chi connectivity index (χ1) is 8.59. The van der Waals surface area contributed by atoms with Gasteiger partial charge in [-0.2, -0.15) is 0 Å². The first-order valence-electron chi connectivity index (χ1n) is 6.43. The van der Waals surface area contributed by atoms with E-state index in [1.54, 1.807) is 0 Å². The highest BCUT2D eigenvalue weighted by atomic mass is 79.9. The van der Waals surface area contributed by atoms with Crippen LogP contribution in [0, 0.1) is 5.41 Å². The molecule has 1 aromatic carbocycles. The predicted molar refractivity (Wildman–Crippen MR) is 84.4 cm³/mol. The second-order valence-electron chi connectivity index (χ2n) is 6.68. The standard InChI is InChI=1S/C15H23BrN2O/c1-14(2,3)10-15(4,5)18-13(19)17-12-9-7-6-8-11(12)16/h6-9H,10H2,1-5H3,(H2,17,18,19). The fourth-order valence-corrected chi connectivity index (χ4v) is 2.78. The zero-order chi connectivity index (χ0) is 14.7. The van der Waals surface area contributed by atoms with Gasteiger partial charge in [-0.05, 0) is 53.7 Å². The Hall–Kier alpha value is -1.03. The van der Waals surface area contributed by atoms with Crippen LogP contribution < -0.4 is 10.6 Å². The van der Waals surface area contributed by atoms with Crippen molar-refractivity contribution < 1.29 is 4.79 Å². The van der Waals surface area contributed by atoms with E-state index in [0.29, 0.717) is 0 Å². The highest BCUT2D eigenvalue weighted by molar-refractivity contribution is 9.10. The Bertz CT molecular complexity index is 450. The molecular formula is C15H23BrN2O. The summed E-state index contributed by atoms with van der Waals surface area (Å²) >= 11 is 3.41. The summed E-state index contributed by atoms with van der Waals surface area (Å²) in [5, 5.41) is 5.87. The summed E-state index contributed by atoms with van der Waals surface area (Å²) in [6.45, 7) is 10.6. The zero-order valence-corrected chi connectivity index (χ0v) is 13.9. The summed E-state index contributed by atoms with van der Waals surface area (Å²) in [4.78, 5) is 12.0. The third kappa shape index (κ3) is 6.10. The van der Waals surface area contributed by atoms with Crippen molar-refractivity contribution in [3.63, 3.8) is 0 Å². The van der Waals surface area contributed by atoms with Crippen molar-refractivity contribution in [2.24, 2.45) is 5.41 Å². The quantitative estimate of drug-likeness (QED) is 0.824. The third-order valence-corrected chi connectivity index (χ3v) is 3.24. The smallest absolute Gasteiger partial charge is 0.319 e. The van der Waals surface area contributed by atoms with E-state index in [9.17, 15) is 4.79 Å². The fraction of sp³-hybridized carbons (Fsp3) is 0.533. The maximum atomic E-state index is 12.0. The molecule has 0 bridgehead atoms. The Balaban J connectivity index is 2.63. The molecule has 0 saturated heterocycles. The molecular weight excluding hydrogens is 304 g/mol. The number of benzene rings is 1. The maximum Gasteiger partial charge on any atom is 0.319 e. The summed E-state index contributed by atoms with van der Waals surface area (Å²) in [6, 6.07) is 7.38. The number of halogens is 1. The summed E-state index contributed by atoms with van der Waals surface area (Å²) in [6.07, 6.45) is 0.906. The average Bonchev–Trinajstić information content (AvgIpc) is 2.16. The molecule has 106 valence electrons. The SMILES string of the molecule is CC(C)(C)CC(C)(C)NC(=O)Nc1ccccc1Br. The van der Waals surface area contributed by atoms with E-state index in [0.717, 1.165) is 16.6 Å². The van der Waals surface area contributed by atoms with E-state index in [2.05, 4.69) is 47.3 Å². The molecule has 19 heavy (non-hydrogen) atoms. The molecule has 1 aromatic rings. The number of carbonyl (C=O) groups is 1. The van der Waals surface area contributed by atoms with Crippen LogP contribution in [0.1, 0.15) is 41.0 Å². The number of para-hydroxylation sites is 1. The summed E-state index contributed by atoms with van der Waals surface area (Å²) < 4.78 is 0.874. The van der Waals surface area contributed by atoms with Crippen molar-refractivity contribution in [3.05, 3.63) is 28.7 Å². The van der Waals surface area contributed by atoms with E-state index in [-0.39, 0.29) is 17.0 Å². The van der Waals surface area contributed by atoms with Crippen LogP contribution in [0.2, 0.25) is 0 Å². The molecule has 0 atom stereocenters. The molecule has 0 heterocycles. The van der Waals surface area contributed by atoms with Crippen LogP contribution in [0.4, 0.5) is 10.5 Å². The zero-order valence-electron chi connectivity index (χ0n) is 12.3. The lowest BCUT2D eigenvalue weighted by Crippen LogP contribution is -2.47. The summed E-state index contributed by atoms with van der Waals surface area (Å²) in [7, 11) is 0. The normalized spacial score (nSPS) is 12.1. The maximum absolute atomic E-state index is 12.0. The van der Waals surface area contributed by atoms with Crippen molar-refractivity contribution in [2.75, 3.05) is 5.32 Å². The van der Waals surface area contributed by atoms with Crippen LogP contribution in [-0.4, -0.2) is 11.6 Å². The van der Waals surface area contributed by atoms with Gasteiger partial charge in [-0.15, -0.1) is 0 Å². The highest BCUT2D eigenvalue weighted by Gasteiger charge is 2.27. The molecule has 3 nitrogen and oxygen atoms in total. The lowest BCUT2D eigenvalue weighted by molar-refractivity contribution is 0.220. The Kier molecular flexibility index (Phi) is 5.02. The van der Waals surface area contributed by atoms with Crippen LogP contribution >= 0.6 is 15.9 Å². The number of rotatable bonds is 3. The van der Waals surface area contributed by atoms with Gasteiger partial charge in [0, 0.05) is 10.0 Å². The minimum absolute atomic E-state index is 0.171. The molecule has 4 heteroatoms. The first kappa shape index (κ1) is 16.0. The Morgan fingerprint density at radius 1 is 1.16 bits per heavy atom. The van der Waals surface area contributed by atoms with Crippen molar-refractivity contribution in [1.29, 1.82) is 0 Å². The van der Waals surface area contributed by atoms with Gasteiger partial charge < -0.3 is 10.6 Å². The Labute approximate surface area is 124 Å². The lowest BCUT2D eigenvalue weighted by Gasteiger charge is -2.33. The monoisotopic (exact) mass is 326 g/mol. The molecule has 1 rings (SSSR count). The van der Waals surface area contributed by atoms with Crippen LogP contribution in [0.25, 0.3) is 0 Å². The van der Waals surface area contributed by atoms with Crippen molar-refractivity contribution in [2.45, 2.75) is 46.6 Å². The molecule has 0 aliphatic heterocycles. The molecule has 0 unspecified atom stereocenters. The Morgan fingerprint density at radius 3 is 2.26 bits per heavy atom. The van der Waals surface area contributed by atoms with Gasteiger partial charge in [0.25, 0.3) is 0 Å². The van der Waals surface area contributed by atoms with Gasteiger partial charge in [0.15, 0.2) is 0 Å². The topological polar surface area (TPSA) is 41.1 Å². The molecule has 0 saturated carbocycles. The van der Waals surface area contributed by atoms with E-state index < -0.39 is 0 Å². The van der Waals surface area contributed by atoms with E-state index >= 15 is 0 Å². The van der Waals surface area contributed by atoms with Gasteiger partial charge in [0.1, 0.15) is 0 Å². The van der Waals surface area contributed by atoms with Crippen LogP contribution in [0.5, 0.6) is 0 Å². The number of nitrogens with one attached hydrogen (secondary N) is 2. The molecule has 0 fully saturated rings. The number of carbonyl (C=O) groups excluding carboxylic acids is 1.